The van der Waals surface area contributed by atoms with E-state index in [-0.39, 0.29) is 24.4 Å². The summed E-state index contributed by atoms with van der Waals surface area (Å²) >= 11 is 0. The van der Waals surface area contributed by atoms with Gasteiger partial charge in [0, 0.05) is 12.2 Å². The number of likely N-dealkylation sites (tertiary alicyclic amines) is 1. The molecule has 1 aliphatic rings. The smallest absolute Gasteiger partial charge is 0.349 e. The second-order valence-corrected chi connectivity index (χ2v) is 5.65. The minimum absolute atomic E-state index is 0.00201. The van der Waals surface area contributed by atoms with Gasteiger partial charge in [-0.05, 0) is 38.0 Å². The zero-order valence-corrected chi connectivity index (χ0v) is 13.1. The number of hydrogen-bond donors (Lipinski definition) is 1. The van der Waals surface area contributed by atoms with Gasteiger partial charge in [0.2, 0.25) is 11.8 Å². The fraction of sp³-hybridized carbons (Fsp3) is 0.438. The first kappa shape index (κ1) is 18.0. The van der Waals surface area contributed by atoms with Crippen LogP contribution in [-0.2, 0) is 22.3 Å². The number of nitrogens with one attached hydrogen (secondary N) is 1. The number of pyridine rings is 1. The standard InChI is InChI=1S/C16H18F3N3O2/c1-3-14(23)22-10(2)4-7-13(22)15(24)21-9-12-6-5-11(8-20-12)16(17,18)19/h3,5-6,8,10,13H,1,4,7,9H2,2H3,(H,21,24)/t10-,13-/m0/s1. The first-order chi connectivity index (χ1) is 11.2. The molecule has 0 radical (unpaired) electrons. The molecule has 1 aromatic rings. The molecule has 24 heavy (non-hydrogen) atoms. The van der Waals surface area contributed by atoms with Crippen LogP contribution in [0.25, 0.3) is 0 Å². The molecule has 0 unspecified atom stereocenters. The molecule has 8 heteroatoms. The van der Waals surface area contributed by atoms with Crippen LogP contribution in [0.5, 0.6) is 0 Å². The topological polar surface area (TPSA) is 62.3 Å². The van der Waals surface area contributed by atoms with Gasteiger partial charge in [0.1, 0.15) is 6.04 Å². The largest absolute Gasteiger partial charge is 0.417 e. The van der Waals surface area contributed by atoms with Crippen LogP contribution in [0.3, 0.4) is 0 Å². The molecule has 2 rings (SSSR count). The van der Waals surface area contributed by atoms with E-state index in [0.29, 0.717) is 18.5 Å². The molecule has 2 atom stereocenters. The molecule has 2 amide bonds. The molecule has 0 bridgehead atoms. The maximum Gasteiger partial charge on any atom is 0.417 e. The Morgan fingerprint density at radius 2 is 2.12 bits per heavy atom. The molecule has 2 heterocycles. The second-order valence-electron chi connectivity index (χ2n) is 5.65. The number of rotatable bonds is 4. The Morgan fingerprint density at radius 3 is 2.67 bits per heavy atom. The van der Waals surface area contributed by atoms with Crippen LogP contribution in [0.2, 0.25) is 0 Å². The van der Waals surface area contributed by atoms with Crippen molar-refractivity contribution in [1.29, 1.82) is 0 Å². The van der Waals surface area contributed by atoms with E-state index in [4.69, 9.17) is 0 Å². The Morgan fingerprint density at radius 1 is 1.42 bits per heavy atom. The van der Waals surface area contributed by atoms with Crippen molar-refractivity contribution in [2.75, 3.05) is 0 Å². The van der Waals surface area contributed by atoms with Gasteiger partial charge in [-0.1, -0.05) is 6.58 Å². The fourth-order valence-electron chi connectivity index (χ4n) is 2.71. The Labute approximate surface area is 137 Å². The highest BCUT2D eigenvalue weighted by Crippen LogP contribution is 2.28. The first-order valence-electron chi connectivity index (χ1n) is 7.48. The van der Waals surface area contributed by atoms with Crippen molar-refractivity contribution in [3.63, 3.8) is 0 Å². The van der Waals surface area contributed by atoms with Crippen LogP contribution in [-0.4, -0.2) is 33.8 Å². The monoisotopic (exact) mass is 341 g/mol. The van der Waals surface area contributed by atoms with Gasteiger partial charge in [-0.25, -0.2) is 0 Å². The summed E-state index contributed by atoms with van der Waals surface area (Å²) in [6.45, 7) is 5.28. The van der Waals surface area contributed by atoms with Gasteiger partial charge in [-0.3, -0.25) is 14.6 Å². The van der Waals surface area contributed by atoms with Gasteiger partial charge in [0.25, 0.3) is 0 Å². The normalized spacial score (nSPS) is 20.8. The lowest BCUT2D eigenvalue weighted by Crippen LogP contribution is -2.47. The van der Waals surface area contributed by atoms with Crippen molar-refractivity contribution in [3.05, 3.63) is 42.2 Å². The minimum Gasteiger partial charge on any atom is -0.349 e. The highest BCUT2D eigenvalue weighted by molar-refractivity contribution is 5.93. The Hall–Kier alpha value is -2.38. The Balaban J connectivity index is 1.97. The van der Waals surface area contributed by atoms with Crippen molar-refractivity contribution < 1.29 is 22.8 Å². The summed E-state index contributed by atoms with van der Waals surface area (Å²) in [5, 5.41) is 2.62. The van der Waals surface area contributed by atoms with E-state index in [1.807, 2.05) is 6.92 Å². The number of hydrogen-bond acceptors (Lipinski definition) is 3. The lowest BCUT2D eigenvalue weighted by Gasteiger charge is -2.26. The molecule has 1 fully saturated rings. The number of halogens is 3. The van der Waals surface area contributed by atoms with E-state index in [0.717, 1.165) is 12.3 Å². The third kappa shape index (κ3) is 3.93. The molecule has 1 saturated heterocycles. The van der Waals surface area contributed by atoms with E-state index >= 15 is 0 Å². The SMILES string of the molecule is C=CC(=O)N1[C@@H](C)CC[C@H]1C(=O)NCc1ccc(C(F)(F)F)cn1. The van der Waals surface area contributed by atoms with Crippen LogP contribution in [0.1, 0.15) is 31.0 Å². The van der Waals surface area contributed by atoms with Gasteiger partial charge in [-0.2, -0.15) is 13.2 Å². The number of nitrogens with zero attached hydrogens (tertiary/aromatic N) is 2. The quantitative estimate of drug-likeness (QED) is 0.855. The molecule has 130 valence electrons. The van der Waals surface area contributed by atoms with E-state index in [1.54, 1.807) is 0 Å². The van der Waals surface area contributed by atoms with E-state index < -0.39 is 17.8 Å². The van der Waals surface area contributed by atoms with Gasteiger partial charge in [0.15, 0.2) is 0 Å². The van der Waals surface area contributed by atoms with Gasteiger partial charge in [-0.15, -0.1) is 0 Å². The summed E-state index contributed by atoms with van der Waals surface area (Å²) in [4.78, 5) is 29.3. The van der Waals surface area contributed by atoms with E-state index in [9.17, 15) is 22.8 Å². The predicted molar refractivity (Wildman–Crippen MR) is 80.6 cm³/mol. The van der Waals surface area contributed by atoms with Crippen LogP contribution in [0, 0.1) is 0 Å². The van der Waals surface area contributed by atoms with Crippen molar-refractivity contribution in [2.24, 2.45) is 0 Å². The summed E-state index contributed by atoms with van der Waals surface area (Å²) in [5.74, 6) is -0.663. The molecular weight excluding hydrogens is 323 g/mol. The van der Waals surface area contributed by atoms with Crippen LogP contribution >= 0.6 is 0 Å². The summed E-state index contributed by atoms with van der Waals surface area (Å²) in [7, 11) is 0. The van der Waals surface area contributed by atoms with E-state index in [2.05, 4.69) is 16.9 Å². The number of aromatic nitrogens is 1. The highest BCUT2D eigenvalue weighted by atomic mass is 19.4. The molecule has 1 aliphatic heterocycles. The van der Waals surface area contributed by atoms with Crippen LogP contribution in [0.15, 0.2) is 31.0 Å². The third-order valence-corrected chi connectivity index (χ3v) is 4.00. The van der Waals surface area contributed by atoms with Crippen LogP contribution < -0.4 is 5.32 Å². The van der Waals surface area contributed by atoms with Crippen LogP contribution in [0.4, 0.5) is 13.2 Å². The molecule has 0 aliphatic carbocycles. The lowest BCUT2D eigenvalue weighted by molar-refractivity contribution is -0.137. The Bertz CT molecular complexity index is 628. The van der Waals surface area contributed by atoms with Gasteiger partial charge in [0.05, 0.1) is 17.8 Å². The van der Waals surface area contributed by atoms with Crippen molar-refractivity contribution in [1.82, 2.24) is 15.2 Å². The lowest BCUT2D eigenvalue weighted by atomic mass is 10.2. The second kappa shape index (κ2) is 7.02. The average Bonchev–Trinajstić information content (AvgIpc) is 2.93. The van der Waals surface area contributed by atoms with Crippen molar-refractivity contribution in [3.8, 4) is 0 Å². The summed E-state index contributed by atoms with van der Waals surface area (Å²) in [5.41, 5.74) is -0.533. The molecule has 0 spiro atoms. The fourth-order valence-corrected chi connectivity index (χ4v) is 2.71. The predicted octanol–water partition coefficient (Wildman–Crippen LogP) is 2.28. The van der Waals surface area contributed by atoms with Gasteiger partial charge >= 0.3 is 6.18 Å². The zero-order valence-electron chi connectivity index (χ0n) is 13.1. The number of alkyl halides is 3. The maximum atomic E-state index is 12.5. The molecule has 0 saturated carbocycles. The number of carbonyl (C=O) groups excluding carboxylic acids is 2. The maximum absolute atomic E-state index is 12.5. The molecule has 1 aromatic heterocycles. The minimum atomic E-state index is -4.44. The molecule has 5 nitrogen and oxygen atoms in total. The highest BCUT2D eigenvalue weighted by Gasteiger charge is 2.37. The van der Waals surface area contributed by atoms with E-state index in [1.165, 1.54) is 17.0 Å². The summed E-state index contributed by atoms with van der Waals surface area (Å²) in [6.07, 6.45) is -1.31. The third-order valence-electron chi connectivity index (χ3n) is 4.00. The van der Waals surface area contributed by atoms with Gasteiger partial charge < -0.3 is 10.2 Å². The zero-order chi connectivity index (χ0) is 17.9. The molecule has 0 aromatic carbocycles. The summed E-state index contributed by atoms with van der Waals surface area (Å²) in [6, 6.07) is 1.47. The van der Waals surface area contributed by atoms with Crippen molar-refractivity contribution >= 4 is 11.8 Å². The molecule has 1 N–H and O–H groups in total. The number of amides is 2. The average molecular weight is 341 g/mol. The van der Waals surface area contributed by atoms with Crippen molar-refractivity contribution in [2.45, 2.75) is 44.6 Å². The Kier molecular flexibility index (Phi) is 5.26. The first-order valence-corrected chi connectivity index (χ1v) is 7.48. The molecular formula is C16H18F3N3O2. The number of carbonyl (C=O) groups is 2. The summed E-state index contributed by atoms with van der Waals surface area (Å²) < 4.78 is 37.4.